The molecule has 23 heavy (non-hydrogen) atoms. The van der Waals surface area contributed by atoms with Crippen molar-refractivity contribution in [3.05, 3.63) is 23.0 Å². The van der Waals surface area contributed by atoms with Crippen molar-refractivity contribution in [2.24, 2.45) is 0 Å². The van der Waals surface area contributed by atoms with Gasteiger partial charge in [0.1, 0.15) is 11.3 Å². The molecule has 3 rings (SSSR count). The maximum Gasteiger partial charge on any atom is 0.225 e. The minimum Gasteiger partial charge on any atom is -0.493 e. The van der Waals surface area contributed by atoms with Crippen molar-refractivity contribution < 1.29 is 18.3 Å². The second kappa shape index (κ2) is 6.11. The van der Waals surface area contributed by atoms with Gasteiger partial charge in [0.2, 0.25) is 11.2 Å². The summed E-state index contributed by atoms with van der Waals surface area (Å²) >= 11 is 5.89. The standard InChI is InChI=1S/C14H13ClF2N4O2/c1-23-12-8(17)6-7(16)11-10(12)13(20-14(15)19-11)21-4-2-9(22)18-3-5-21/h6H,2-5H2,1H3,(H,18,22). The van der Waals surface area contributed by atoms with Crippen LogP contribution in [-0.4, -0.2) is 42.6 Å². The number of halogens is 3. The minimum absolute atomic E-state index is 0.0960. The molecule has 1 saturated heterocycles. The zero-order valence-electron chi connectivity index (χ0n) is 12.2. The molecule has 0 spiro atoms. The van der Waals surface area contributed by atoms with E-state index in [0.29, 0.717) is 25.7 Å². The molecule has 2 aromatic rings. The molecule has 1 N–H and O–H groups in total. The highest BCUT2D eigenvalue weighted by Crippen LogP contribution is 2.37. The number of amides is 1. The van der Waals surface area contributed by atoms with Gasteiger partial charge in [-0.25, -0.2) is 13.8 Å². The van der Waals surface area contributed by atoms with Gasteiger partial charge in [-0.15, -0.1) is 0 Å². The summed E-state index contributed by atoms with van der Waals surface area (Å²) in [7, 11) is 1.28. The van der Waals surface area contributed by atoms with Gasteiger partial charge in [-0.2, -0.15) is 4.98 Å². The third kappa shape index (κ3) is 2.86. The van der Waals surface area contributed by atoms with Crippen molar-refractivity contribution in [1.82, 2.24) is 15.3 Å². The summed E-state index contributed by atoms with van der Waals surface area (Å²) < 4.78 is 33.2. The molecule has 1 aliphatic heterocycles. The first kappa shape index (κ1) is 15.7. The Balaban J connectivity index is 2.24. The van der Waals surface area contributed by atoms with E-state index in [1.165, 1.54) is 7.11 Å². The number of aromatic nitrogens is 2. The quantitative estimate of drug-likeness (QED) is 0.844. The van der Waals surface area contributed by atoms with Crippen LogP contribution in [0.2, 0.25) is 5.28 Å². The van der Waals surface area contributed by atoms with E-state index in [-0.39, 0.29) is 40.1 Å². The van der Waals surface area contributed by atoms with Crippen molar-refractivity contribution >= 4 is 34.2 Å². The molecule has 9 heteroatoms. The minimum atomic E-state index is -0.854. The summed E-state index contributed by atoms with van der Waals surface area (Å²) in [6, 6.07) is 0.696. The predicted molar refractivity (Wildman–Crippen MR) is 80.9 cm³/mol. The summed E-state index contributed by atoms with van der Waals surface area (Å²) in [5.74, 6) is -1.72. The van der Waals surface area contributed by atoms with Gasteiger partial charge < -0.3 is 15.0 Å². The molecule has 1 aliphatic rings. The number of carbonyl (C=O) groups excluding carboxylic acids is 1. The highest BCUT2D eigenvalue weighted by atomic mass is 35.5. The summed E-state index contributed by atoms with van der Waals surface area (Å²) in [5, 5.41) is 2.66. The molecule has 0 unspecified atom stereocenters. The van der Waals surface area contributed by atoms with Gasteiger partial charge in [0, 0.05) is 32.1 Å². The molecule has 0 atom stereocenters. The largest absolute Gasteiger partial charge is 0.493 e. The SMILES string of the molecule is COc1c(F)cc(F)c2nc(Cl)nc(N3CCNC(=O)CC3)c12. The van der Waals surface area contributed by atoms with Crippen LogP contribution in [0.1, 0.15) is 6.42 Å². The number of hydrogen-bond acceptors (Lipinski definition) is 5. The van der Waals surface area contributed by atoms with Crippen LogP contribution in [-0.2, 0) is 4.79 Å². The highest BCUT2D eigenvalue weighted by molar-refractivity contribution is 6.29. The molecule has 1 fully saturated rings. The van der Waals surface area contributed by atoms with Crippen LogP contribution in [0, 0.1) is 11.6 Å². The van der Waals surface area contributed by atoms with Crippen molar-refractivity contribution in [3.63, 3.8) is 0 Å². The Hall–Kier alpha value is -2.22. The van der Waals surface area contributed by atoms with E-state index >= 15 is 0 Å². The molecular weight excluding hydrogens is 330 g/mol. The number of carbonyl (C=O) groups is 1. The molecule has 0 saturated carbocycles. The van der Waals surface area contributed by atoms with Gasteiger partial charge in [-0.05, 0) is 11.6 Å². The fraction of sp³-hybridized carbons (Fsp3) is 0.357. The summed E-state index contributed by atoms with van der Waals surface area (Å²) in [5.41, 5.74) is -0.123. The van der Waals surface area contributed by atoms with Crippen LogP contribution < -0.4 is 15.0 Å². The van der Waals surface area contributed by atoms with Gasteiger partial charge in [0.25, 0.3) is 0 Å². The lowest BCUT2D eigenvalue weighted by atomic mass is 10.1. The van der Waals surface area contributed by atoms with Gasteiger partial charge in [-0.1, -0.05) is 0 Å². The highest BCUT2D eigenvalue weighted by Gasteiger charge is 2.24. The maximum absolute atomic E-state index is 14.1. The number of nitrogens with one attached hydrogen (secondary N) is 1. The first-order valence-corrected chi connectivity index (χ1v) is 7.30. The zero-order valence-corrected chi connectivity index (χ0v) is 13.0. The molecular formula is C14H13ClF2N4O2. The maximum atomic E-state index is 14.1. The number of nitrogens with zero attached hydrogens (tertiary/aromatic N) is 3. The Bertz CT molecular complexity index is 787. The Kier molecular flexibility index (Phi) is 4.16. The summed E-state index contributed by atoms with van der Waals surface area (Å²) in [6.45, 7) is 1.16. The Labute approximate surface area is 135 Å². The first-order valence-electron chi connectivity index (χ1n) is 6.92. The van der Waals surface area contributed by atoms with Crippen LogP contribution >= 0.6 is 11.6 Å². The third-order valence-corrected chi connectivity index (χ3v) is 3.77. The zero-order chi connectivity index (χ0) is 16.6. The van der Waals surface area contributed by atoms with E-state index in [1.807, 2.05) is 0 Å². The second-order valence-electron chi connectivity index (χ2n) is 5.00. The summed E-state index contributed by atoms with van der Waals surface area (Å²) in [4.78, 5) is 21.2. The molecule has 122 valence electrons. The third-order valence-electron chi connectivity index (χ3n) is 3.60. The lowest BCUT2D eigenvalue weighted by molar-refractivity contribution is -0.120. The number of ether oxygens (including phenoxy) is 1. The van der Waals surface area contributed by atoms with E-state index in [2.05, 4.69) is 15.3 Å². The monoisotopic (exact) mass is 342 g/mol. The molecule has 1 aromatic carbocycles. The van der Waals surface area contributed by atoms with Gasteiger partial charge in [-0.3, -0.25) is 4.79 Å². The number of methoxy groups -OCH3 is 1. The van der Waals surface area contributed by atoms with Crippen LogP contribution in [0.15, 0.2) is 6.07 Å². The Morgan fingerprint density at radius 3 is 2.83 bits per heavy atom. The van der Waals surface area contributed by atoms with E-state index in [0.717, 1.165) is 0 Å². The smallest absolute Gasteiger partial charge is 0.225 e. The molecule has 1 amide bonds. The average Bonchev–Trinajstić information content (AvgIpc) is 2.72. The van der Waals surface area contributed by atoms with Crippen molar-refractivity contribution in [3.8, 4) is 5.75 Å². The number of hydrogen-bond donors (Lipinski definition) is 1. The fourth-order valence-corrected chi connectivity index (χ4v) is 2.74. The van der Waals surface area contributed by atoms with Gasteiger partial charge >= 0.3 is 0 Å². The van der Waals surface area contributed by atoms with E-state index in [1.54, 1.807) is 4.90 Å². The number of rotatable bonds is 2. The molecule has 0 aliphatic carbocycles. The Morgan fingerprint density at radius 1 is 1.30 bits per heavy atom. The lowest BCUT2D eigenvalue weighted by Gasteiger charge is -2.23. The van der Waals surface area contributed by atoms with Crippen molar-refractivity contribution in [2.75, 3.05) is 31.6 Å². The fourth-order valence-electron chi connectivity index (χ4n) is 2.58. The number of fused-ring (bicyclic) bond motifs is 1. The first-order chi connectivity index (χ1) is 11.0. The van der Waals surface area contributed by atoms with Gasteiger partial charge in [0.15, 0.2) is 17.4 Å². The normalized spacial score (nSPS) is 15.5. The van der Waals surface area contributed by atoms with E-state index in [9.17, 15) is 13.6 Å². The van der Waals surface area contributed by atoms with Crippen molar-refractivity contribution in [2.45, 2.75) is 6.42 Å². The second-order valence-corrected chi connectivity index (χ2v) is 5.34. The predicted octanol–water partition coefficient (Wildman–Crippen LogP) is 1.90. The molecule has 0 bridgehead atoms. The average molecular weight is 343 g/mol. The Morgan fingerprint density at radius 2 is 2.09 bits per heavy atom. The van der Waals surface area contributed by atoms with Crippen LogP contribution in [0.3, 0.4) is 0 Å². The topological polar surface area (TPSA) is 67.4 Å². The van der Waals surface area contributed by atoms with E-state index < -0.39 is 11.6 Å². The van der Waals surface area contributed by atoms with Gasteiger partial charge in [0.05, 0.1) is 12.5 Å². The number of anilines is 1. The molecule has 6 nitrogen and oxygen atoms in total. The van der Waals surface area contributed by atoms with Crippen LogP contribution in [0.25, 0.3) is 10.9 Å². The van der Waals surface area contributed by atoms with Crippen LogP contribution in [0.4, 0.5) is 14.6 Å². The molecule has 1 aromatic heterocycles. The summed E-state index contributed by atoms with van der Waals surface area (Å²) in [6.07, 6.45) is 0.239. The lowest BCUT2D eigenvalue weighted by Crippen LogP contribution is -2.29. The van der Waals surface area contributed by atoms with Crippen LogP contribution in [0.5, 0.6) is 5.75 Å². The number of benzene rings is 1. The molecule has 2 heterocycles. The van der Waals surface area contributed by atoms with E-state index in [4.69, 9.17) is 16.3 Å². The van der Waals surface area contributed by atoms with Crippen molar-refractivity contribution in [1.29, 1.82) is 0 Å². The molecule has 0 radical (unpaired) electrons.